The molecule has 98 valence electrons. The quantitative estimate of drug-likeness (QED) is 0.689. The molecule has 0 fully saturated rings. The minimum atomic E-state index is -0.150. The van der Waals surface area contributed by atoms with E-state index >= 15 is 0 Å². The lowest BCUT2D eigenvalue weighted by Gasteiger charge is -2.08. The Hall–Kier alpha value is -2.00. The summed E-state index contributed by atoms with van der Waals surface area (Å²) in [7, 11) is 1.60. The average Bonchev–Trinajstić information content (AvgIpc) is 2.40. The Bertz CT molecular complexity index is 638. The van der Waals surface area contributed by atoms with Crippen molar-refractivity contribution in [3.8, 4) is 5.75 Å². The minimum Gasteiger partial charge on any atom is -0.496 e. The van der Waals surface area contributed by atoms with Crippen LogP contribution in [0.3, 0.4) is 0 Å². The first kappa shape index (κ1) is 13.4. The van der Waals surface area contributed by atoms with Crippen LogP contribution in [0.4, 0.5) is 5.69 Å². The van der Waals surface area contributed by atoms with Crippen LogP contribution in [0.5, 0.6) is 5.75 Å². The molecule has 0 saturated heterocycles. The van der Waals surface area contributed by atoms with Gasteiger partial charge in [-0.25, -0.2) is 0 Å². The highest BCUT2D eigenvalue weighted by molar-refractivity contribution is 6.35. The Morgan fingerprint density at radius 1 is 1.21 bits per heavy atom. The highest BCUT2D eigenvalue weighted by atomic mass is 35.5. The van der Waals surface area contributed by atoms with Gasteiger partial charge in [-0.2, -0.15) is 0 Å². The molecule has 0 radical (unpaired) electrons. The summed E-state index contributed by atoms with van der Waals surface area (Å²) < 4.78 is 5.17. The third kappa shape index (κ3) is 2.71. The number of nitrogen functional groups attached to an aromatic ring is 1. The van der Waals surface area contributed by atoms with Crippen LogP contribution in [-0.2, 0) is 0 Å². The summed E-state index contributed by atoms with van der Waals surface area (Å²) in [6.07, 6.45) is 0. The summed E-state index contributed by atoms with van der Waals surface area (Å²) in [5, 5.41) is 0.396. The number of anilines is 1. The molecule has 2 N–H and O–H groups in total. The highest BCUT2D eigenvalue weighted by Crippen LogP contribution is 2.25. The van der Waals surface area contributed by atoms with Gasteiger partial charge in [0.05, 0.1) is 12.1 Å². The number of aryl methyl sites for hydroxylation is 1. The molecule has 0 aromatic heterocycles. The van der Waals surface area contributed by atoms with E-state index in [-0.39, 0.29) is 5.78 Å². The zero-order chi connectivity index (χ0) is 14.0. The van der Waals surface area contributed by atoms with Gasteiger partial charge in [-0.1, -0.05) is 11.6 Å². The number of methoxy groups -OCH3 is 1. The van der Waals surface area contributed by atoms with E-state index in [2.05, 4.69) is 0 Å². The largest absolute Gasteiger partial charge is 0.496 e. The van der Waals surface area contributed by atoms with Gasteiger partial charge in [0.2, 0.25) is 0 Å². The summed E-state index contributed by atoms with van der Waals surface area (Å²) in [6.45, 7) is 1.89. The molecule has 0 unspecified atom stereocenters. The highest BCUT2D eigenvalue weighted by Gasteiger charge is 2.14. The second kappa shape index (κ2) is 5.33. The fourth-order valence-corrected chi connectivity index (χ4v) is 2.10. The second-order valence-corrected chi connectivity index (χ2v) is 4.66. The van der Waals surface area contributed by atoms with Crippen molar-refractivity contribution in [3.63, 3.8) is 0 Å². The van der Waals surface area contributed by atoms with E-state index in [1.54, 1.807) is 43.5 Å². The first-order valence-corrected chi connectivity index (χ1v) is 6.15. The molecule has 0 aliphatic carbocycles. The maximum atomic E-state index is 12.4. The number of ether oxygens (including phenoxy) is 1. The predicted molar refractivity (Wildman–Crippen MR) is 77.0 cm³/mol. The first-order chi connectivity index (χ1) is 9.02. The summed E-state index contributed by atoms with van der Waals surface area (Å²) >= 11 is 6.04. The van der Waals surface area contributed by atoms with Gasteiger partial charge in [-0.05, 0) is 48.9 Å². The molecule has 3 nitrogen and oxygen atoms in total. The number of nitrogens with two attached hydrogens (primary N) is 1. The van der Waals surface area contributed by atoms with Crippen molar-refractivity contribution in [2.24, 2.45) is 0 Å². The van der Waals surface area contributed by atoms with Crippen LogP contribution in [0.2, 0.25) is 5.02 Å². The number of carbonyl (C=O) groups is 1. The number of ketones is 1. The van der Waals surface area contributed by atoms with Gasteiger partial charge in [0, 0.05) is 16.8 Å². The lowest BCUT2D eigenvalue weighted by atomic mass is 10.0. The topological polar surface area (TPSA) is 52.3 Å². The zero-order valence-electron chi connectivity index (χ0n) is 10.7. The number of benzene rings is 2. The van der Waals surface area contributed by atoms with Crippen molar-refractivity contribution < 1.29 is 9.53 Å². The van der Waals surface area contributed by atoms with Crippen LogP contribution in [-0.4, -0.2) is 12.9 Å². The molecule has 0 atom stereocenters. The Morgan fingerprint density at radius 2 is 1.95 bits per heavy atom. The lowest BCUT2D eigenvalue weighted by Crippen LogP contribution is -2.04. The maximum Gasteiger partial charge on any atom is 0.194 e. The van der Waals surface area contributed by atoms with E-state index in [1.807, 2.05) is 6.92 Å². The van der Waals surface area contributed by atoms with Crippen molar-refractivity contribution in [1.82, 2.24) is 0 Å². The Balaban J connectivity index is 2.44. The molecule has 0 aliphatic rings. The fourth-order valence-electron chi connectivity index (χ4n) is 1.89. The minimum absolute atomic E-state index is 0.150. The van der Waals surface area contributed by atoms with E-state index in [0.29, 0.717) is 21.8 Å². The molecule has 2 aromatic rings. The van der Waals surface area contributed by atoms with Crippen molar-refractivity contribution >= 4 is 23.1 Å². The van der Waals surface area contributed by atoms with Crippen LogP contribution in [0.15, 0.2) is 36.4 Å². The van der Waals surface area contributed by atoms with Gasteiger partial charge < -0.3 is 10.5 Å². The Labute approximate surface area is 117 Å². The normalized spacial score (nSPS) is 10.3. The molecule has 2 rings (SSSR count). The van der Waals surface area contributed by atoms with E-state index < -0.39 is 0 Å². The summed E-state index contributed by atoms with van der Waals surface area (Å²) in [5.41, 5.74) is 8.07. The fraction of sp³-hybridized carbons (Fsp3) is 0.133. The summed E-state index contributed by atoms with van der Waals surface area (Å²) in [6, 6.07) is 10.1. The molecule has 0 bridgehead atoms. The van der Waals surface area contributed by atoms with E-state index in [1.165, 1.54) is 0 Å². The van der Waals surface area contributed by atoms with E-state index in [0.717, 1.165) is 11.3 Å². The molecule has 0 amide bonds. The zero-order valence-corrected chi connectivity index (χ0v) is 11.5. The van der Waals surface area contributed by atoms with Crippen LogP contribution in [0.1, 0.15) is 21.5 Å². The Kier molecular flexibility index (Phi) is 3.76. The number of rotatable bonds is 3. The van der Waals surface area contributed by atoms with E-state index in [4.69, 9.17) is 22.1 Å². The van der Waals surface area contributed by atoms with Gasteiger partial charge in [-0.3, -0.25) is 4.79 Å². The molecular formula is C15H14ClNO2. The molecule has 0 aliphatic heterocycles. The number of halogens is 1. The third-order valence-corrected chi connectivity index (χ3v) is 3.22. The summed E-state index contributed by atoms with van der Waals surface area (Å²) in [4.78, 5) is 12.4. The van der Waals surface area contributed by atoms with Crippen molar-refractivity contribution in [3.05, 3.63) is 58.1 Å². The SMILES string of the molecule is COc1ccc(C(=O)c2cc(N)ccc2Cl)cc1C. The van der Waals surface area contributed by atoms with Crippen LogP contribution >= 0.6 is 11.6 Å². The number of hydrogen-bond donors (Lipinski definition) is 1. The van der Waals surface area contributed by atoms with Gasteiger partial charge in [0.1, 0.15) is 5.75 Å². The smallest absolute Gasteiger partial charge is 0.194 e. The second-order valence-electron chi connectivity index (χ2n) is 4.25. The molecule has 19 heavy (non-hydrogen) atoms. The molecule has 4 heteroatoms. The van der Waals surface area contributed by atoms with Gasteiger partial charge in [-0.15, -0.1) is 0 Å². The van der Waals surface area contributed by atoms with Crippen LogP contribution in [0.25, 0.3) is 0 Å². The molecular weight excluding hydrogens is 262 g/mol. The van der Waals surface area contributed by atoms with Crippen molar-refractivity contribution in [2.75, 3.05) is 12.8 Å². The number of carbonyl (C=O) groups excluding carboxylic acids is 1. The van der Waals surface area contributed by atoms with E-state index in [9.17, 15) is 4.79 Å². The predicted octanol–water partition coefficient (Wildman–Crippen LogP) is 3.47. The van der Waals surface area contributed by atoms with Gasteiger partial charge in [0.25, 0.3) is 0 Å². The number of hydrogen-bond acceptors (Lipinski definition) is 3. The molecule has 0 spiro atoms. The van der Waals surface area contributed by atoms with Crippen LogP contribution < -0.4 is 10.5 Å². The lowest BCUT2D eigenvalue weighted by molar-refractivity contribution is 0.103. The van der Waals surface area contributed by atoms with Crippen molar-refractivity contribution in [1.29, 1.82) is 0 Å². The first-order valence-electron chi connectivity index (χ1n) is 5.77. The standard InChI is InChI=1S/C15H14ClNO2/c1-9-7-10(3-6-14(9)19-2)15(18)12-8-11(17)4-5-13(12)16/h3-8H,17H2,1-2H3. The summed E-state index contributed by atoms with van der Waals surface area (Å²) in [5.74, 6) is 0.596. The Morgan fingerprint density at radius 3 is 2.58 bits per heavy atom. The average molecular weight is 276 g/mol. The molecule has 0 saturated carbocycles. The van der Waals surface area contributed by atoms with Crippen LogP contribution in [0, 0.1) is 6.92 Å². The maximum absolute atomic E-state index is 12.4. The van der Waals surface area contributed by atoms with Crippen molar-refractivity contribution in [2.45, 2.75) is 6.92 Å². The molecule has 2 aromatic carbocycles. The monoisotopic (exact) mass is 275 g/mol. The third-order valence-electron chi connectivity index (χ3n) is 2.89. The van der Waals surface area contributed by atoms with Gasteiger partial charge in [0.15, 0.2) is 5.78 Å². The molecule has 0 heterocycles. The van der Waals surface area contributed by atoms with Gasteiger partial charge >= 0.3 is 0 Å².